The number of benzene rings is 1. The first-order valence-electron chi connectivity index (χ1n) is 7.92. The molecule has 0 bridgehead atoms. The van der Waals surface area contributed by atoms with Crippen molar-refractivity contribution in [1.82, 2.24) is 5.32 Å². The lowest BCUT2D eigenvalue weighted by molar-refractivity contribution is 0.0912. The maximum atomic E-state index is 12.6. The van der Waals surface area contributed by atoms with Crippen LogP contribution in [0.15, 0.2) is 18.2 Å². The van der Waals surface area contributed by atoms with Gasteiger partial charge >= 0.3 is 0 Å². The second-order valence-electron chi connectivity index (χ2n) is 5.78. The topological polar surface area (TPSA) is 73.6 Å². The van der Waals surface area contributed by atoms with Gasteiger partial charge in [0.05, 0.1) is 19.8 Å². The SMILES string of the molecule is COc1ccc(OC)c(C(=O)NC(CN)C2CCCCC2)c1. The van der Waals surface area contributed by atoms with Gasteiger partial charge < -0.3 is 20.5 Å². The number of nitrogens with two attached hydrogens (primary N) is 1. The van der Waals surface area contributed by atoms with E-state index >= 15 is 0 Å². The molecule has 0 radical (unpaired) electrons. The summed E-state index contributed by atoms with van der Waals surface area (Å²) in [6.07, 6.45) is 6.00. The lowest BCUT2D eigenvalue weighted by Crippen LogP contribution is -2.46. The molecular weight excluding hydrogens is 280 g/mol. The van der Waals surface area contributed by atoms with Crippen molar-refractivity contribution < 1.29 is 14.3 Å². The summed E-state index contributed by atoms with van der Waals surface area (Å²) in [7, 11) is 3.13. The molecule has 1 unspecified atom stereocenters. The summed E-state index contributed by atoms with van der Waals surface area (Å²) in [4.78, 5) is 12.6. The standard InChI is InChI=1S/C17H26N2O3/c1-21-13-8-9-16(22-2)14(10-13)17(20)19-15(11-18)12-6-4-3-5-7-12/h8-10,12,15H,3-7,11,18H2,1-2H3,(H,19,20). The maximum absolute atomic E-state index is 12.6. The molecule has 0 aliphatic heterocycles. The molecule has 0 saturated heterocycles. The first-order chi connectivity index (χ1) is 10.7. The number of rotatable bonds is 6. The molecule has 1 aromatic carbocycles. The van der Waals surface area contributed by atoms with Crippen LogP contribution in [0.5, 0.6) is 11.5 Å². The molecule has 0 heterocycles. The predicted molar refractivity (Wildman–Crippen MR) is 86.4 cm³/mol. The first kappa shape index (κ1) is 16.6. The molecule has 1 saturated carbocycles. The zero-order valence-corrected chi connectivity index (χ0v) is 13.4. The molecule has 2 rings (SSSR count). The van der Waals surface area contributed by atoms with Gasteiger partial charge in [-0.3, -0.25) is 4.79 Å². The lowest BCUT2D eigenvalue weighted by Gasteiger charge is -2.30. The molecule has 5 heteroatoms. The van der Waals surface area contributed by atoms with E-state index < -0.39 is 0 Å². The normalized spacial score (nSPS) is 16.9. The van der Waals surface area contributed by atoms with Gasteiger partial charge in [-0.1, -0.05) is 19.3 Å². The Kier molecular flexibility index (Phi) is 6.07. The highest BCUT2D eigenvalue weighted by molar-refractivity contribution is 5.97. The highest BCUT2D eigenvalue weighted by Crippen LogP contribution is 2.28. The number of hydrogen-bond acceptors (Lipinski definition) is 4. The maximum Gasteiger partial charge on any atom is 0.255 e. The largest absolute Gasteiger partial charge is 0.497 e. The van der Waals surface area contributed by atoms with E-state index in [9.17, 15) is 4.79 Å². The Morgan fingerprint density at radius 1 is 1.27 bits per heavy atom. The molecule has 0 spiro atoms. The first-order valence-corrected chi connectivity index (χ1v) is 7.92. The van der Waals surface area contributed by atoms with E-state index in [0.717, 1.165) is 12.8 Å². The number of ether oxygens (including phenoxy) is 2. The Bertz CT molecular complexity index is 499. The van der Waals surface area contributed by atoms with Crippen LogP contribution in [0, 0.1) is 5.92 Å². The van der Waals surface area contributed by atoms with Crippen molar-refractivity contribution in [1.29, 1.82) is 0 Å². The second-order valence-corrected chi connectivity index (χ2v) is 5.78. The van der Waals surface area contributed by atoms with E-state index in [1.54, 1.807) is 32.4 Å². The number of amides is 1. The predicted octanol–water partition coefficient (Wildman–Crippen LogP) is 2.34. The van der Waals surface area contributed by atoms with Crippen molar-refractivity contribution in [3.05, 3.63) is 23.8 Å². The number of hydrogen-bond donors (Lipinski definition) is 2. The van der Waals surface area contributed by atoms with Crippen molar-refractivity contribution in [2.24, 2.45) is 11.7 Å². The van der Waals surface area contributed by atoms with Crippen molar-refractivity contribution >= 4 is 5.91 Å². The van der Waals surface area contributed by atoms with E-state index in [0.29, 0.717) is 29.5 Å². The minimum Gasteiger partial charge on any atom is -0.497 e. The van der Waals surface area contributed by atoms with Gasteiger partial charge in [0.1, 0.15) is 11.5 Å². The zero-order valence-electron chi connectivity index (χ0n) is 13.4. The summed E-state index contributed by atoms with van der Waals surface area (Å²) in [5, 5.41) is 3.08. The van der Waals surface area contributed by atoms with Gasteiger partial charge in [0, 0.05) is 12.6 Å². The van der Waals surface area contributed by atoms with Crippen LogP contribution in [0.4, 0.5) is 0 Å². The molecule has 0 aromatic heterocycles. The molecule has 1 fully saturated rings. The van der Waals surface area contributed by atoms with Crippen LogP contribution in [-0.2, 0) is 0 Å². The summed E-state index contributed by atoms with van der Waals surface area (Å²) in [6, 6.07) is 5.23. The number of carbonyl (C=O) groups is 1. The minimum absolute atomic E-state index is 0.0173. The average Bonchev–Trinajstić information content (AvgIpc) is 2.59. The van der Waals surface area contributed by atoms with Crippen LogP contribution < -0.4 is 20.5 Å². The van der Waals surface area contributed by atoms with Gasteiger partial charge in [-0.15, -0.1) is 0 Å². The van der Waals surface area contributed by atoms with Crippen LogP contribution in [0.3, 0.4) is 0 Å². The molecule has 122 valence electrons. The highest BCUT2D eigenvalue weighted by Gasteiger charge is 2.25. The van der Waals surface area contributed by atoms with Crippen LogP contribution in [0.1, 0.15) is 42.5 Å². The molecular formula is C17H26N2O3. The van der Waals surface area contributed by atoms with E-state index in [1.807, 2.05) is 0 Å². The Morgan fingerprint density at radius 3 is 2.59 bits per heavy atom. The molecule has 3 N–H and O–H groups in total. The van der Waals surface area contributed by atoms with E-state index in [2.05, 4.69) is 5.32 Å². The van der Waals surface area contributed by atoms with Crippen molar-refractivity contribution in [3.63, 3.8) is 0 Å². The van der Waals surface area contributed by atoms with Gasteiger partial charge in [0.25, 0.3) is 5.91 Å². The van der Waals surface area contributed by atoms with Crippen molar-refractivity contribution in [2.75, 3.05) is 20.8 Å². The fourth-order valence-corrected chi connectivity index (χ4v) is 3.14. The quantitative estimate of drug-likeness (QED) is 0.846. The highest BCUT2D eigenvalue weighted by atomic mass is 16.5. The van der Waals surface area contributed by atoms with Gasteiger partial charge in [0.2, 0.25) is 0 Å². The third kappa shape index (κ3) is 3.91. The van der Waals surface area contributed by atoms with E-state index in [-0.39, 0.29) is 11.9 Å². The van der Waals surface area contributed by atoms with Crippen molar-refractivity contribution in [3.8, 4) is 11.5 Å². The monoisotopic (exact) mass is 306 g/mol. The second kappa shape index (κ2) is 8.03. The Hall–Kier alpha value is -1.75. The van der Waals surface area contributed by atoms with Gasteiger partial charge in [0.15, 0.2) is 0 Å². The van der Waals surface area contributed by atoms with Gasteiger partial charge in [-0.2, -0.15) is 0 Å². The zero-order chi connectivity index (χ0) is 15.9. The molecule has 1 atom stereocenters. The molecule has 1 aliphatic carbocycles. The number of carbonyl (C=O) groups excluding carboxylic acids is 1. The molecule has 1 aliphatic rings. The minimum atomic E-state index is -0.156. The van der Waals surface area contributed by atoms with Crippen LogP contribution in [0.2, 0.25) is 0 Å². The van der Waals surface area contributed by atoms with Crippen molar-refractivity contribution in [2.45, 2.75) is 38.1 Å². The third-order valence-corrected chi connectivity index (χ3v) is 4.44. The van der Waals surface area contributed by atoms with E-state index in [1.165, 1.54) is 19.3 Å². The Labute approximate surface area is 132 Å². The molecule has 1 amide bonds. The molecule has 1 aromatic rings. The van der Waals surface area contributed by atoms with E-state index in [4.69, 9.17) is 15.2 Å². The van der Waals surface area contributed by atoms with Gasteiger partial charge in [-0.05, 0) is 37.0 Å². The lowest BCUT2D eigenvalue weighted by atomic mass is 9.84. The fraction of sp³-hybridized carbons (Fsp3) is 0.588. The van der Waals surface area contributed by atoms with Crippen LogP contribution >= 0.6 is 0 Å². The fourth-order valence-electron chi connectivity index (χ4n) is 3.14. The summed E-state index contributed by atoms with van der Waals surface area (Å²) in [5.41, 5.74) is 6.37. The average molecular weight is 306 g/mol. The summed E-state index contributed by atoms with van der Waals surface area (Å²) in [6.45, 7) is 0.461. The summed E-state index contributed by atoms with van der Waals surface area (Å²) >= 11 is 0. The Balaban J connectivity index is 2.12. The smallest absolute Gasteiger partial charge is 0.255 e. The number of methoxy groups -OCH3 is 2. The van der Waals surface area contributed by atoms with Crippen LogP contribution in [0.25, 0.3) is 0 Å². The van der Waals surface area contributed by atoms with Crippen LogP contribution in [-0.4, -0.2) is 32.7 Å². The summed E-state index contributed by atoms with van der Waals surface area (Å²) in [5.74, 6) is 1.49. The molecule has 5 nitrogen and oxygen atoms in total. The van der Waals surface area contributed by atoms with Gasteiger partial charge in [-0.25, -0.2) is 0 Å². The Morgan fingerprint density at radius 2 is 2.00 bits per heavy atom. The molecule has 22 heavy (non-hydrogen) atoms. The third-order valence-electron chi connectivity index (χ3n) is 4.44. The summed E-state index contributed by atoms with van der Waals surface area (Å²) < 4.78 is 10.5. The number of nitrogens with one attached hydrogen (secondary N) is 1.